The van der Waals surface area contributed by atoms with Gasteiger partial charge >= 0.3 is 10.1 Å². The average molecular weight is 176 g/mol. The molecule has 6 heteroatoms. The van der Waals surface area contributed by atoms with E-state index in [9.17, 15) is 8.42 Å². The highest BCUT2D eigenvalue weighted by molar-refractivity contribution is 7.85. The van der Waals surface area contributed by atoms with Crippen LogP contribution >= 0.6 is 0 Å². The Morgan fingerprint density at radius 1 is 1.73 bits per heavy atom. The molecule has 0 amide bonds. The molecular weight excluding hydrogens is 168 g/mol. The molecule has 1 aromatic rings. The fourth-order valence-electron chi connectivity index (χ4n) is 0.649. The highest BCUT2D eigenvalue weighted by atomic mass is 32.2. The molecule has 0 unspecified atom stereocenters. The maximum absolute atomic E-state index is 10.4. The maximum Gasteiger partial charge on any atom is 0.328 e. The van der Waals surface area contributed by atoms with E-state index >= 15 is 0 Å². The van der Waals surface area contributed by atoms with Gasteiger partial charge in [-0.3, -0.25) is 4.55 Å². The van der Waals surface area contributed by atoms with Gasteiger partial charge in [-0.15, -0.1) is 0 Å². The van der Waals surface area contributed by atoms with Crippen molar-refractivity contribution in [1.82, 2.24) is 9.97 Å². The van der Waals surface area contributed by atoms with E-state index in [0.29, 0.717) is 12.1 Å². The van der Waals surface area contributed by atoms with Crippen LogP contribution in [0.1, 0.15) is 12.6 Å². The van der Waals surface area contributed by atoms with Crippen LogP contribution in [0.2, 0.25) is 0 Å². The first kappa shape index (κ1) is 8.22. The summed E-state index contributed by atoms with van der Waals surface area (Å²) in [5.41, 5.74) is 0.678. The van der Waals surface area contributed by atoms with E-state index in [1.54, 1.807) is 0 Å². The summed E-state index contributed by atoms with van der Waals surface area (Å²) < 4.78 is 29.3. The molecule has 0 saturated carbocycles. The van der Waals surface area contributed by atoms with E-state index < -0.39 is 15.3 Å². The number of rotatable bonds is 2. The maximum atomic E-state index is 10.4. The van der Waals surface area contributed by atoms with Gasteiger partial charge in [0.2, 0.25) is 0 Å². The van der Waals surface area contributed by atoms with E-state index in [1.807, 2.05) is 6.92 Å². The Hall–Kier alpha value is -0.880. The third-order valence-electron chi connectivity index (χ3n) is 1.23. The fourth-order valence-corrected chi connectivity index (χ4v) is 1.10. The minimum absolute atomic E-state index is 0.394. The lowest BCUT2D eigenvalue weighted by molar-refractivity contribution is 0.475. The number of aromatic nitrogens is 2. The molecule has 11 heavy (non-hydrogen) atoms. The summed E-state index contributed by atoms with van der Waals surface area (Å²) in [5.74, 6) is 0. The van der Waals surface area contributed by atoms with Crippen molar-refractivity contribution in [2.45, 2.75) is 18.5 Å². The van der Waals surface area contributed by atoms with Crippen molar-refractivity contribution in [2.24, 2.45) is 0 Å². The van der Waals surface area contributed by atoms with Crippen molar-refractivity contribution in [3.05, 3.63) is 11.9 Å². The summed E-state index contributed by atoms with van der Waals surface area (Å²) >= 11 is 0. The molecule has 0 bridgehead atoms. The Bertz CT molecular complexity index is 340. The van der Waals surface area contributed by atoms with E-state index in [0.717, 1.165) is 0 Å². The molecule has 0 aliphatic heterocycles. The van der Waals surface area contributed by atoms with Gasteiger partial charge in [0.25, 0.3) is 5.16 Å². The van der Waals surface area contributed by atoms with Gasteiger partial charge in [0.15, 0.2) is 0 Å². The third-order valence-corrected chi connectivity index (χ3v) is 1.93. The topological polar surface area (TPSA) is 83.1 Å². The second kappa shape index (κ2) is 2.63. The van der Waals surface area contributed by atoms with Crippen molar-refractivity contribution >= 4 is 10.1 Å². The predicted octanol–water partition coefficient (Wildman–Crippen LogP) is 0.219. The standard InChI is InChI=1S/C5H8N2O3S/c1-2-4-3-6-5(7-4)11(8,9)10/h3H,2H2,1H3,(H,6,7)(H,8,9,10). The fraction of sp³-hybridized carbons (Fsp3) is 0.400. The molecule has 0 saturated heterocycles. The summed E-state index contributed by atoms with van der Waals surface area (Å²) in [5, 5.41) is -0.394. The van der Waals surface area contributed by atoms with Gasteiger partial charge in [-0.1, -0.05) is 6.92 Å². The highest BCUT2D eigenvalue weighted by Gasteiger charge is 2.12. The Morgan fingerprint density at radius 3 is 2.64 bits per heavy atom. The molecule has 0 radical (unpaired) electrons. The van der Waals surface area contributed by atoms with Crippen molar-refractivity contribution in [2.75, 3.05) is 0 Å². The molecule has 62 valence electrons. The zero-order chi connectivity index (χ0) is 8.48. The number of imidazole rings is 1. The predicted molar refractivity (Wildman–Crippen MR) is 37.8 cm³/mol. The quantitative estimate of drug-likeness (QED) is 0.631. The van der Waals surface area contributed by atoms with Gasteiger partial charge in [0.1, 0.15) is 0 Å². The summed E-state index contributed by atoms with van der Waals surface area (Å²) in [4.78, 5) is 5.92. The number of hydrogen-bond donors (Lipinski definition) is 2. The number of nitrogens with zero attached hydrogens (tertiary/aromatic N) is 1. The molecule has 1 aromatic heterocycles. The number of aryl methyl sites for hydroxylation is 1. The molecule has 0 atom stereocenters. The lowest BCUT2D eigenvalue weighted by Gasteiger charge is -1.87. The SMILES string of the molecule is CCc1cnc(S(=O)(=O)O)[nH]1. The molecule has 5 nitrogen and oxygen atoms in total. The third kappa shape index (κ3) is 1.78. The molecule has 0 fully saturated rings. The molecule has 2 N–H and O–H groups in total. The van der Waals surface area contributed by atoms with Crippen LogP contribution < -0.4 is 0 Å². The lowest BCUT2D eigenvalue weighted by Crippen LogP contribution is -2.00. The minimum Gasteiger partial charge on any atom is -0.331 e. The van der Waals surface area contributed by atoms with Gasteiger partial charge in [0.05, 0.1) is 0 Å². The summed E-state index contributed by atoms with van der Waals surface area (Å²) in [6.07, 6.45) is 2.03. The van der Waals surface area contributed by atoms with E-state index in [2.05, 4.69) is 9.97 Å². The van der Waals surface area contributed by atoms with Crippen molar-refractivity contribution in [1.29, 1.82) is 0 Å². The first-order chi connectivity index (χ1) is 5.04. The van der Waals surface area contributed by atoms with Crippen LogP contribution in [-0.2, 0) is 16.5 Å². The van der Waals surface area contributed by atoms with Crippen LogP contribution in [0.5, 0.6) is 0 Å². The summed E-state index contributed by atoms with van der Waals surface area (Å²) in [6.45, 7) is 1.85. The van der Waals surface area contributed by atoms with E-state index in [-0.39, 0.29) is 0 Å². The first-order valence-corrected chi connectivity index (χ1v) is 4.49. The monoisotopic (exact) mass is 176 g/mol. The van der Waals surface area contributed by atoms with Gasteiger partial charge < -0.3 is 4.98 Å². The minimum atomic E-state index is -4.16. The Labute approximate surface area is 64.2 Å². The Morgan fingerprint density at radius 2 is 2.36 bits per heavy atom. The molecule has 0 spiro atoms. The van der Waals surface area contributed by atoms with Crippen LogP contribution in [0.25, 0.3) is 0 Å². The van der Waals surface area contributed by atoms with Gasteiger partial charge in [0, 0.05) is 11.9 Å². The largest absolute Gasteiger partial charge is 0.331 e. The summed E-state index contributed by atoms with van der Waals surface area (Å²) in [7, 11) is -4.16. The number of aromatic amines is 1. The average Bonchev–Trinajstić information content (AvgIpc) is 2.32. The number of nitrogens with one attached hydrogen (secondary N) is 1. The van der Waals surface area contributed by atoms with Crippen LogP contribution in [-0.4, -0.2) is 22.9 Å². The van der Waals surface area contributed by atoms with E-state index in [1.165, 1.54) is 6.20 Å². The smallest absolute Gasteiger partial charge is 0.328 e. The zero-order valence-corrected chi connectivity index (χ0v) is 6.72. The lowest BCUT2D eigenvalue weighted by atomic mass is 10.4. The van der Waals surface area contributed by atoms with Crippen molar-refractivity contribution in [3.8, 4) is 0 Å². The molecular formula is C5H8N2O3S. The molecule has 0 aliphatic rings. The first-order valence-electron chi connectivity index (χ1n) is 3.05. The second-order valence-electron chi connectivity index (χ2n) is 2.04. The number of H-pyrrole nitrogens is 1. The van der Waals surface area contributed by atoms with Crippen LogP contribution in [0.4, 0.5) is 0 Å². The van der Waals surface area contributed by atoms with E-state index in [4.69, 9.17) is 4.55 Å². The zero-order valence-electron chi connectivity index (χ0n) is 5.90. The van der Waals surface area contributed by atoms with Crippen LogP contribution in [0, 0.1) is 0 Å². The van der Waals surface area contributed by atoms with Crippen LogP contribution in [0.3, 0.4) is 0 Å². The summed E-state index contributed by atoms with van der Waals surface area (Å²) in [6, 6.07) is 0. The molecule has 1 heterocycles. The van der Waals surface area contributed by atoms with Crippen molar-refractivity contribution in [3.63, 3.8) is 0 Å². The Kier molecular flexibility index (Phi) is 1.97. The second-order valence-corrected chi connectivity index (χ2v) is 3.38. The van der Waals surface area contributed by atoms with Gasteiger partial charge in [-0.25, -0.2) is 4.98 Å². The van der Waals surface area contributed by atoms with Gasteiger partial charge in [-0.2, -0.15) is 8.42 Å². The molecule has 1 rings (SSSR count). The normalized spacial score (nSPS) is 11.8. The van der Waals surface area contributed by atoms with Crippen molar-refractivity contribution < 1.29 is 13.0 Å². The van der Waals surface area contributed by atoms with Crippen LogP contribution in [0.15, 0.2) is 11.4 Å². The van der Waals surface area contributed by atoms with Gasteiger partial charge in [-0.05, 0) is 6.42 Å². The highest BCUT2D eigenvalue weighted by Crippen LogP contribution is 2.03. The number of hydrogen-bond acceptors (Lipinski definition) is 3. The Balaban J connectivity index is 3.09. The molecule has 0 aromatic carbocycles. The molecule has 0 aliphatic carbocycles.